The minimum atomic E-state index is 0.280. The molecule has 0 saturated carbocycles. The molecule has 1 fully saturated rings. The van der Waals surface area contributed by atoms with E-state index in [1.807, 2.05) is 23.1 Å². The smallest absolute Gasteiger partial charge is 0.153 e. The fraction of sp³-hybridized carbons (Fsp3) is 0.364. The van der Waals surface area contributed by atoms with Crippen molar-refractivity contribution in [3.63, 3.8) is 0 Å². The van der Waals surface area contributed by atoms with E-state index in [0.29, 0.717) is 23.7 Å². The number of halogens is 1. The maximum absolute atomic E-state index is 11.1. The summed E-state index contributed by atoms with van der Waals surface area (Å²) in [6, 6.07) is 5.57. The van der Waals surface area contributed by atoms with Crippen molar-refractivity contribution in [2.75, 3.05) is 25.1 Å². The van der Waals surface area contributed by atoms with Crippen LogP contribution in [0.4, 0.5) is 5.69 Å². The molecule has 1 aliphatic rings. The summed E-state index contributed by atoms with van der Waals surface area (Å²) in [6.07, 6.45) is 0.629. The highest BCUT2D eigenvalue weighted by atomic mass is 35.5. The Kier molecular flexibility index (Phi) is 2.82. The molecule has 0 aromatic heterocycles. The average Bonchev–Trinajstić information content (AvgIpc) is 2.65. The first-order chi connectivity index (χ1) is 7.20. The lowest BCUT2D eigenvalue weighted by Gasteiger charge is -2.17. The third-order valence-electron chi connectivity index (χ3n) is 2.53. The molecule has 0 bridgehead atoms. The second kappa shape index (κ2) is 4.11. The largest absolute Gasteiger partial charge is 0.495 e. The Labute approximate surface area is 93.6 Å². The zero-order chi connectivity index (χ0) is 10.8. The van der Waals surface area contributed by atoms with Crippen LogP contribution < -0.4 is 9.64 Å². The van der Waals surface area contributed by atoms with Gasteiger partial charge >= 0.3 is 0 Å². The van der Waals surface area contributed by atoms with E-state index in [1.54, 1.807) is 7.11 Å². The molecule has 2 rings (SSSR count). The zero-order valence-corrected chi connectivity index (χ0v) is 9.25. The molecule has 80 valence electrons. The Morgan fingerprint density at radius 1 is 1.47 bits per heavy atom. The molecule has 4 heteroatoms. The predicted octanol–water partition coefficient (Wildman–Crippen LogP) is 2.13. The summed E-state index contributed by atoms with van der Waals surface area (Å²) in [7, 11) is 1.58. The van der Waals surface area contributed by atoms with E-state index in [-0.39, 0.29) is 5.78 Å². The first-order valence-corrected chi connectivity index (χ1v) is 5.18. The van der Waals surface area contributed by atoms with Crippen LogP contribution in [0.25, 0.3) is 0 Å². The Hall–Kier alpha value is -1.22. The monoisotopic (exact) mass is 225 g/mol. The van der Waals surface area contributed by atoms with Gasteiger partial charge in [-0.15, -0.1) is 0 Å². The molecule has 15 heavy (non-hydrogen) atoms. The Balaban J connectivity index is 2.22. The van der Waals surface area contributed by atoms with Crippen LogP contribution in [0.1, 0.15) is 6.42 Å². The first-order valence-electron chi connectivity index (χ1n) is 4.81. The highest BCUT2D eigenvalue weighted by Crippen LogP contribution is 2.30. The van der Waals surface area contributed by atoms with E-state index in [1.165, 1.54) is 0 Å². The zero-order valence-electron chi connectivity index (χ0n) is 8.50. The summed E-state index contributed by atoms with van der Waals surface area (Å²) in [5, 5.41) is 0.578. The van der Waals surface area contributed by atoms with Gasteiger partial charge in [0.1, 0.15) is 5.75 Å². The van der Waals surface area contributed by atoms with Gasteiger partial charge in [0.05, 0.1) is 18.7 Å². The van der Waals surface area contributed by atoms with Gasteiger partial charge in [0.25, 0.3) is 0 Å². The number of hydrogen-bond donors (Lipinski definition) is 0. The Bertz CT molecular complexity index is 392. The van der Waals surface area contributed by atoms with Gasteiger partial charge in [0.15, 0.2) is 5.78 Å². The molecular weight excluding hydrogens is 214 g/mol. The van der Waals surface area contributed by atoms with E-state index < -0.39 is 0 Å². The van der Waals surface area contributed by atoms with E-state index in [4.69, 9.17) is 16.3 Å². The second-order valence-corrected chi connectivity index (χ2v) is 3.94. The van der Waals surface area contributed by atoms with Crippen molar-refractivity contribution >= 4 is 23.1 Å². The fourth-order valence-electron chi connectivity index (χ4n) is 1.70. The molecule has 0 N–H and O–H groups in total. The van der Waals surface area contributed by atoms with E-state index >= 15 is 0 Å². The summed E-state index contributed by atoms with van der Waals surface area (Å²) in [6.45, 7) is 1.27. The van der Waals surface area contributed by atoms with Gasteiger partial charge in [-0.2, -0.15) is 0 Å². The van der Waals surface area contributed by atoms with Crippen molar-refractivity contribution in [1.29, 1.82) is 0 Å². The quantitative estimate of drug-likeness (QED) is 0.772. The molecule has 0 spiro atoms. The summed E-state index contributed by atoms with van der Waals surface area (Å²) in [5.41, 5.74) is 0.978. The van der Waals surface area contributed by atoms with Crippen LogP contribution in [-0.4, -0.2) is 26.0 Å². The first kappa shape index (κ1) is 10.3. The number of Topliss-reactive ketones (excluding diaryl/α,β-unsaturated/α-hetero) is 1. The predicted molar refractivity (Wildman–Crippen MR) is 59.8 cm³/mol. The molecule has 0 radical (unpaired) electrons. The fourth-order valence-corrected chi connectivity index (χ4v) is 1.95. The number of carbonyl (C=O) groups is 1. The van der Waals surface area contributed by atoms with Gasteiger partial charge in [0, 0.05) is 18.7 Å². The maximum atomic E-state index is 11.1. The molecule has 3 nitrogen and oxygen atoms in total. The van der Waals surface area contributed by atoms with Crippen LogP contribution in [0.5, 0.6) is 5.75 Å². The lowest BCUT2D eigenvalue weighted by Crippen LogP contribution is -2.19. The van der Waals surface area contributed by atoms with Gasteiger partial charge in [-0.05, 0) is 18.2 Å². The number of rotatable bonds is 2. The molecule has 1 saturated heterocycles. The maximum Gasteiger partial charge on any atom is 0.153 e. The number of anilines is 1. The van der Waals surface area contributed by atoms with E-state index in [9.17, 15) is 4.79 Å². The standard InChI is InChI=1S/C11H12ClNO2/c1-15-11-3-2-8(6-10(11)12)13-5-4-9(14)7-13/h2-3,6H,4-5,7H2,1H3. The lowest BCUT2D eigenvalue weighted by atomic mass is 10.3. The topological polar surface area (TPSA) is 29.5 Å². The van der Waals surface area contributed by atoms with Crippen molar-refractivity contribution in [3.8, 4) is 5.75 Å². The molecule has 0 aliphatic carbocycles. The lowest BCUT2D eigenvalue weighted by molar-refractivity contribution is -0.116. The van der Waals surface area contributed by atoms with Gasteiger partial charge in [0.2, 0.25) is 0 Å². The molecule has 0 atom stereocenters. The van der Waals surface area contributed by atoms with Crippen LogP contribution >= 0.6 is 11.6 Å². The summed E-state index contributed by atoms with van der Waals surface area (Å²) < 4.78 is 5.07. The van der Waals surface area contributed by atoms with Crippen LogP contribution in [0.2, 0.25) is 5.02 Å². The minimum absolute atomic E-state index is 0.280. The molecule has 1 aliphatic heterocycles. The second-order valence-electron chi connectivity index (χ2n) is 3.53. The van der Waals surface area contributed by atoms with Crippen molar-refractivity contribution in [1.82, 2.24) is 0 Å². The number of methoxy groups -OCH3 is 1. The molecule has 1 heterocycles. The van der Waals surface area contributed by atoms with E-state index in [2.05, 4.69) is 0 Å². The highest BCUT2D eigenvalue weighted by molar-refractivity contribution is 6.32. The molecular formula is C11H12ClNO2. The number of carbonyl (C=O) groups excluding carboxylic acids is 1. The third-order valence-corrected chi connectivity index (χ3v) is 2.82. The summed E-state index contributed by atoms with van der Waals surface area (Å²) >= 11 is 6.01. The summed E-state index contributed by atoms with van der Waals surface area (Å²) in [5.74, 6) is 0.938. The van der Waals surface area contributed by atoms with Crippen LogP contribution in [0, 0.1) is 0 Å². The Morgan fingerprint density at radius 2 is 2.27 bits per heavy atom. The van der Waals surface area contributed by atoms with Gasteiger partial charge in [-0.3, -0.25) is 4.79 Å². The number of hydrogen-bond acceptors (Lipinski definition) is 3. The number of benzene rings is 1. The van der Waals surface area contributed by atoms with Crippen molar-refractivity contribution in [2.45, 2.75) is 6.42 Å². The highest BCUT2D eigenvalue weighted by Gasteiger charge is 2.19. The average molecular weight is 226 g/mol. The van der Waals surface area contributed by atoms with Crippen molar-refractivity contribution in [3.05, 3.63) is 23.2 Å². The molecule has 0 amide bonds. The van der Waals surface area contributed by atoms with Gasteiger partial charge < -0.3 is 9.64 Å². The SMILES string of the molecule is COc1ccc(N2CCC(=O)C2)cc1Cl. The Morgan fingerprint density at radius 3 is 2.80 bits per heavy atom. The third kappa shape index (κ3) is 2.07. The normalized spacial score (nSPS) is 15.9. The number of nitrogens with zero attached hydrogens (tertiary/aromatic N) is 1. The molecule has 1 aromatic carbocycles. The van der Waals surface area contributed by atoms with E-state index in [0.717, 1.165) is 12.2 Å². The van der Waals surface area contributed by atoms with Gasteiger partial charge in [-0.25, -0.2) is 0 Å². The minimum Gasteiger partial charge on any atom is -0.495 e. The van der Waals surface area contributed by atoms with Crippen molar-refractivity contribution < 1.29 is 9.53 Å². The van der Waals surface area contributed by atoms with Crippen LogP contribution in [-0.2, 0) is 4.79 Å². The molecule has 0 unspecified atom stereocenters. The van der Waals surface area contributed by atoms with Crippen molar-refractivity contribution in [2.24, 2.45) is 0 Å². The van der Waals surface area contributed by atoms with Crippen LogP contribution in [0.3, 0.4) is 0 Å². The number of ether oxygens (including phenoxy) is 1. The molecule has 1 aromatic rings. The summed E-state index contributed by atoms with van der Waals surface area (Å²) in [4.78, 5) is 13.2. The van der Waals surface area contributed by atoms with Gasteiger partial charge in [-0.1, -0.05) is 11.6 Å². The van der Waals surface area contributed by atoms with Crippen LogP contribution in [0.15, 0.2) is 18.2 Å². The number of ketones is 1.